The third kappa shape index (κ3) is 4.96. The van der Waals surface area contributed by atoms with E-state index < -0.39 is 11.2 Å². The molecule has 3 aromatic carbocycles. The number of aromatic hydroxyl groups is 1. The van der Waals surface area contributed by atoms with Crippen LogP contribution < -0.4 is 9.47 Å². The summed E-state index contributed by atoms with van der Waals surface area (Å²) in [5.74, 6) is 1.08. The Kier molecular flexibility index (Phi) is 7.27. The molecule has 0 aliphatic carbocycles. The van der Waals surface area contributed by atoms with E-state index in [0.29, 0.717) is 35.8 Å². The molecular weight excluding hydrogens is 438 g/mol. The third-order valence-electron chi connectivity index (χ3n) is 6.16. The molecule has 1 aliphatic rings. The fraction of sp³-hybridized carbons (Fsp3) is 0.333. The summed E-state index contributed by atoms with van der Waals surface area (Å²) in [5, 5.41) is 22.6. The van der Waals surface area contributed by atoms with Crippen LogP contribution in [0.25, 0.3) is 0 Å². The molecule has 2 N–H and O–H groups in total. The molecule has 2 unspecified atom stereocenters. The van der Waals surface area contributed by atoms with Crippen LogP contribution in [0.15, 0.2) is 72.8 Å². The first-order valence-corrected chi connectivity index (χ1v) is 10.9. The Bertz CT molecular complexity index is 1090. The summed E-state index contributed by atoms with van der Waals surface area (Å²) >= 11 is 0. The van der Waals surface area contributed by atoms with Crippen molar-refractivity contribution >= 4 is 12.4 Å². The van der Waals surface area contributed by atoms with Gasteiger partial charge in [0.2, 0.25) is 0 Å². The molecule has 176 valence electrons. The third-order valence-corrected chi connectivity index (χ3v) is 6.16. The summed E-state index contributed by atoms with van der Waals surface area (Å²) in [6, 6.07) is 22.4. The number of phenolic OH excluding ortho intramolecular Hbond substituents is 1. The maximum absolute atomic E-state index is 12.4. The van der Waals surface area contributed by atoms with Gasteiger partial charge in [0.15, 0.2) is 0 Å². The molecule has 0 spiro atoms. The predicted molar refractivity (Wildman–Crippen MR) is 132 cm³/mol. The van der Waals surface area contributed by atoms with Crippen molar-refractivity contribution in [3.05, 3.63) is 89.5 Å². The minimum Gasteiger partial charge on any atom is -0.508 e. The lowest BCUT2D eigenvalue weighted by Gasteiger charge is -2.51. The molecule has 1 heterocycles. The van der Waals surface area contributed by atoms with E-state index in [0.717, 1.165) is 5.56 Å². The van der Waals surface area contributed by atoms with Crippen molar-refractivity contribution < 1.29 is 19.7 Å². The fourth-order valence-electron chi connectivity index (χ4n) is 4.59. The van der Waals surface area contributed by atoms with E-state index in [2.05, 4.69) is 0 Å². The summed E-state index contributed by atoms with van der Waals surface area (Å²) in [4.78, 5) is 2.05. The first-order chi connectivity index (χ1) is 15.2. The van der Waals surface area contributed by atoms with Crippen molar-refractivity contribution in [1.29, 1.82) is 0 Å². The average Bonchev–Trinajstić information content (AvgIpc) is 2.76. The molecule has 2 atom stereocenters. The molecule has 0 bridgehead atoms. The maximum atomic E-state index is 12.4. The number of phenols is 1. The average molecular weight is 470 g/mol. The first-order valence-electron chi connectivity index (χ1n) is 10.9. The standard InChI is InChI=1S/C27H31NO4.ClH/c1-26(2)25(17-28(3)4)27(30,20-11-8-12-21(29)15-20)23-16-22(13-14-24(23)32-26)31-18-19-9-6-5-7-10-19;/h5-16,25,29-30H,17-18H2,1-4H3;1H. The van der Waals surface area contributed by atoms with E-state index in [1.165, 1.54) is 0 Å². The monoisotopic (exact) mass is 469 g/mol. The van der Waals surface area contributed by atoms with Gasteiger partial charge >= 0.3 is 0 Å². The van der Waals surface area contributed by atoms with Gasteiger partial charge in [-0.25, -0.2) is 0 Å². The van der Waals surface area contributed by atoms with Gasteiger partial charge in [-0.2, -0.15) is 0 Å². The number of ether oxygens (including phenoxy) is 2. The van der Waals surface area contributed by atoms with Crippen LogP contribution in [-0.2, 0) is 12.2 Å². The zero-order valence-corrected chi connectivity index (χ0v) is 20.3. The normalized spacial score (nSPS) is 21.0. The predicted octanol–water partition coefficient (Wildman–Crippen LogP) is 4.98. The van der Waals surface area contributed by atoms with Gasteiger partial charge in [0.05, 0.1) is 0 Å². The van der Waals surface area contributed by atoms with Crippen LogP contribution in [0.2, 0.25) is 0 Å². The number of benzene rings is 3. The number of aliphatic hydroxyl groups is 1. The molecular formula is C27H32ClNO4. The highest BCUT2D eigenvalue weighted by molar-refractivity contribution is 5.85. The highest BCUT2D eigenvalue weighted by Crippen LogP contribution is 2.52. The van der Waals surface area contributed by atoms with Crippen LogP contribution in [0.5, 0.6) is 17.2 Å². The zero-order chi connectivity index (χ0) is 22.9. The molecule has 0 saturated carbocycles. The lowest BCUT2D eigenvalue weighted by atomic mass is 9.67. The number of fused-ring (bicyclic) bond motifs is 1. The fourth-order valence-corrected chi connectivity index (χ4v) is 4.59. The smallest absolute Gasteiger partial charge is 0.126 e. The number of hydrogen-bond donors (Lipinski definition) is 2. The van der Waals surface area contributed by atoms with Crippen LogP contribution in [0.1, 0.15) is 30.5 Å². The molecule has 0 saturated heterocycles. The SMILES string of the molecule is CN(C)CC1C(C)(C)Oc2ccc(OCc3ccccc3)cc2C1(O)c1cccc(O)c1.Cl. The molecule has 0 aromatic heterocycles. The maximum Gasteiger partial charge on any atom is 0.126 e. The quantitative estimate of drug-likeness (QED) is 0.533. The summed E-state index contributed by atoms with van der Waals surface area (Å²) < 4.78 is 12.4. The van der Waals surface area contributed by atoms with Gasteiger partial charge in [0, 0.05) is 18.0 Å². The number of nitrogens with zero attached hydrogens (tertiary/aromatic N) is 1. The van der Waals surface area contributed by atoms with Gasteiger partial charge in [-0.1, -0.05) is 42.5 Å². The van der Waals surface area contributed by atoms with E-state index in [-0.39, 0.29) is 24.1 Å². The van der Waals surface area contributed by atoms with Gasteiger partial charge in [-0.15, -0.1) is 12.4 Å². The number of rotatable bonds is 6. The number of halogens is 1. The van der Waals surface area contributed by atoms with Crippen LogP contribution in [-0.4, -0.2) is 41.4 Å². The number of hydrogen-bond acceptors (Lipinski definition) is 5. The highest BCUT2D eigenvalue weighted by Gasteiger charge is 2.54. The van der Waals surface area contributed by atoms with Crippen molar-refractivity contribution in [3.8, 4) is 17.2 Å². The van der Waals surface area contributed by atoms with Gasteiger partial charge in [0.1, 0.15) is 35.1 Å². The molecule has 0 fully saturated rings. The molecule has 1 aliphatic heterocycles. The van der Waals surface area contributed by atoms with Gasteiger partial charge in [-0.3, -0.25) is 0 Å². The topological polar surface area (TPSA) is 62.2 Å². The van der Waals surface area contributed by atoms with Crippen molar-refractivity contribution in [2.75, 3.05) is 20.6 Å². The summed E-state index contributed by atoms with van der Waals surface area (Å²) in [6.45, 7) is 5.01. The van der Waals surface area contributed by atoms with E-state index in [1.54, 1.807) is 18.2 Å². The van der Waals surface area contributed by atoms with Crippen molar-refractivity contribution in [2.45, 2.75) is 31.7 Å². The molecule has 5 nitrogen and oxygen atoms in total. The Morgan fingerprint density at radius 3 is 2.36 bits per heavy atom. The second-order valence-corrected chi connectivity index (χ2v) is 9.27. The highest BCUT2D eigenvalue weighted by atomic mass is 35.5. The van der Waals surface area contributed by atoms with E-state index in [4.69, 9.17) is 9.47 Å². The van der Waals surface area contributed by atoms with Crippen molar-refractivity contribution in [2.24, 2.45) is 5.92 Å². The minimum absolute atomic E-state index is 0. The molecule has 6 heteroatoms. The van der Waals surface area contributed by atoms with Crippen molar-refractivity contribution in [3.63, 3.8) is 0 Å². The van der Waals surface area contributed by atoms with Crippen molar-refractivity contribution in [1.82, 2.24) is 4.90 Å². The second kappa shape index (κ2) is 9.64. The lowest BCUT2D eigenvalue weighted by molar-refractivity contribution is -0.109. The van der Waals surface area contributed by atoms with Gasteiger partial charge < -0.3 is 24.6 Å². The lowest BCUT2D eigenvalue weighted by Crippen LogP contribution is -2.57. The van der Waals surface area contributed by atoms with E-state index in [1.807, 2.05) is 87.4 Å². The second-order valence-electron chi connectivity index (χ2n) is 9.27. The van der Waals surface area contributed by atoms with Gasteiger partial charge in [0.25, 0.3) is 0 Å². The molecule has 0 radical (unpaired) electrons. The Morgan fingerprint density at radius 1 is 0.970 bits per heavy atom. The Labute approximate surface area is 202 Å². The Morgan fingerprint density at radius 2 is 1.70 bits per heavy atom. The molecule has 3 aromatic rings. The van der Waals surface area contributed by atoms with Crippen LogP contribution in [0, 0.1) is 5.92 Å². The molecule has 4 rings (SSSR count). The van der Waals surface area contributed by atoms with Gasteiger partial charge in [-0.05, 0) is 69.4 Å². The first kappa shape index (κ1) is 24.9. The zero-order valence-electron chi connectivity index (χ0n) is 19.5. The van der Waals surface area contributed by atoms with E-state index in [9.17, 15) is 10.2 Å². The van der Waals surface area contributed by atoms with E-state index >= 15 is 0 Å². The van der Waals surface area contributed by atoms with Crippen LogP contribution in [0.3, 0.4) is 0 Å². The Hall–Kier alpha value is -2.73. The molecule has 0 amide bonds. The molecule has 33 heavy (non-hydrogen) atoms. The largest absolute Gasteiger partial charge is 0.508 e. The summed E-state index contributed by atoms with van der Waals surface area (Å²) in [6.07, 6.45) is 0. The summed E-state index contributed by atoms with van der Waals surface area (Å²) in [5.41, 5.74) is 0.300. The Balaban J connectivity index is 0.00000306. The van der Waals surface area contributed by atoms with Crippen LogP contribution in [0.4, 0.5) is 0 Å². The van der Waals surface area contributed by atoms with Crippen LogP contribution >= 0.6 is 12.4 Å². The summed E-state index contributed by atoms with van der Waals surface area (Å²) in [7, 11) is 3.96. The minimum atomic E-state index is -1.38.